The number of hydrogen-bond donors (Lipinski definition) is 1. The first kappa shape index (κ1) is 7.42. The lowest BCUT2D eigenvalue weighted by molar-refractivity contribution is 0.654. The van der Waals surface area contributed by atoms with Gasteiger partial charge in [-0.15, -0.1) is 0 Å². The topological polar surface area (TPSA) is 12.0 Å². The molecule has 2 aliphatic carbocycles. The molecule has 1 N–H and O–H groups in total. The predicted octanol–water partition coefficient (Wildman–Crippen LogP) is 2.39. The largest absolute Gasteiger partial charge is 0.384 e. The van der Waals surface area contributed by atoms with Gasteiger partial charge in [0.15, 0.2) is 0 Å². The summed E-state index contributed by atoms with van der Waals surface area (Å²) in [5, 5.41) is 3.53. The highest BCUT2D eigenvalue weighted by atomic mass is 127. The maximum Gasteiger partial charge on any atom is 0.0346 e. The van der Waals surface area contributed by atoms with Gasteiger partial charge >= 0.3 is 0 Å². The summed E-state index contributed by atoms with van der Waals surface area (Å²) in [6.07, 6.45) is 8.91. The van der Waals surface area contributed by atoms with Crippen LogP contribution in [-0.2, 0) is 0 Å². The predicted molar refractivity (Wildman–Crippen MR) is 58.3 cm³/mol. The fourth-order valence-electron chi connectivity index (χ4n) is 2.29. The van der Waals surface area contributed by atoms with Crippen LogP contribution in [-0.4, -0.2) is 10.5 Å². The van der Waals surface area contributed by atoms with Gasteiger partial charge in [-0.05, 0) is 30.9 Å². The fourth-order valence-corrected chi connectivity index (χ4v) is 2.91. The molecule has 1 atom stereocenters. The van der Waals surface area contributed by atoms with Crippen LogP contribution in [0.4, 0.5) is 0 Å². The van der Waals surface area contributed by atoms with Crippen LogP contribution in [0.2, 0.25) is 0 Å². The third-order valence-electron chi connectivity index (χ3n) is 3.23. The molecular weight excluding hydrogens is 261 g/mol. The molecule has 0 aromatic heterocycles. The number of halogens is 1. The average Bonchev–Trinajstić information content (AvgIpc) is 2.73. The van der Waals surface area contributed by atoms with Crippen molar-refractivity contribution in [3.8, 4) is 0 Å². The molecule has 1 heterocycles. The summed E-state index contributed by atoms with van der Waals surface area (Å²) in [6, 6.07) is 0. The van der Waals surface area contributed by atoms with E-state index in [0.717, 1.165) is 0 Å². The van der Waals surface area contributed by atoms with Crippen LogP contribution in [0, 0.1) is 5.41 Å². The number of fused-ring (bicyclic) bond motifs is 2. The zero-order valence-electron chi connectivity index (χ0n) is 6.94. The zero-order chi connectivity index (χ0) is 8.18. The molecule has 1 spiro atoms. The van der Waals surface area contributed by atoms with Crippen molar-refractivity contribution in [3.05, 3.63) is 23.4 Å². The monoisotopic (exact) mass is 273 g/mol. The third kappa shape index (κ3) is 0.902. The molecule has 1 aliphatic heterocycles. The van der Waals surface area contributed by atoms with Crippen LogP contribution in [0.3, 0.4) is 0 Å². The second kappa shape index (κ2) is 2.28. The normalized spacial score (nSPS) is 35.2. The third-order valence-corrected chi connectivity index (χ3v) is 4.10. The van der Waals surface area contributed by atoms with Gasteiger partial charge in [-0.25, -0.2) is 0 Å². The van der Waals surface area contributed by atoms with Crippen molar-refractivity contribution in [2.75, 3.05) is 6.54 Å². The quantitative estimate of drug-likeness (QED) is 0.528. The SMILES string of the molecule is IC1C=C2NCC3(CC3)C2=CC1. The molecular formula is C10H12IN. The van der Waals surface area contributed by atoms with Crippen LogP contribution in [0.25, 0.3) is 0 Å². The summed E-state index contributed by atoms with van der Waals surface area (Å²) in [4.78, 5) is 0. The summed E-state index contributed by atoms with van der Waals surface area (Å²) in [5.41, 5.74) is 3.68. The van der Waals surface area contributed by atoms with E-state index < -0.39 is 0 Å². The number of allylic oxidation sites excluding steroid dienone is 3. The molecule has 2 heteroatoms. The van der Waals surface area contributed by atoms with Crippen LogP contribution in [0.15, 0.2) is 23.4 Å². The molecule has 1 saturated heterocycles. The molecule has 0 aromatic carbocycles. The van der Waals surface area contributed by atoms with Crippen LogP contribution in [0.1, 0.15) is 19.3 Å². The average molecular weight is 273 g/mol. The van der Waals surface area contributed by atoms with E-state index in [-0.39, 0.29) is 0 Å². The first-order valence-electron chi connectivity index (χ1n) is 4.61. The van der Waals surface area contributed by atoms with Crippen molar-refractivity contribution in [1.29, 1.82) is 0 Å². The second-order valence-electron chi connectivity index (χ2n) is 4.08. The Morgan fingerprint density at radius 1 is 1.50 bits per heavy atom. The lowest BCUT2D eigenvalue weighted by Gasteiger charge is -2.14. The van der Waals surface area contributed by atoms with Crippen molar-refractivity contribution in [2.24, 2.45) is 5.41 Å². The van der Waals surface area contributed by atoms with Gasteiger partial charge in [0, 0.05) is 21.6 Å². The lowest BCUT2D eigenvalue weighted by Crippen LogP contribution is -2.09. The minimum absolute atomic E-state index is 0.600. The molecule has 2 fully saturated rings. The van der Waals surface area contributed by atoms with E-state index in [9.17, 15) is 0 Å². The summed E-state index contributed by atoms with van der Waals surface area (Å²) in [6.45, 7) is 1.20. The van der Waals surface area contributed by atoms with Gasteiger partial charge in [0.1, 0.15) is 0 Å². The zero-order valence-corrected chi connectivity index (χ0v) is 9.10. The highest BCUT2D eigenvalue weighted by molar-refractivity contribution is 14.1. The van der Waals surface area contributed by atoms with Crippen molar-refractivity contribution in [2.45, 2.75) is 23.2 Å². The Kier molecular flexibility index (Phi) is 1.41. The number of nitrogens with one attached hydrogen (secondary N) is 1. The molecule has 0 amide bonds. The Bertz CT molecular complexity index is 286. The molecule has 3 aliphatic rings. The molecule has 12 heavy (non-hydrogen) atoms. The maximum atomic E-state index is 3.53. The van der Waals surface area contributed by atoms with Crippen LogP contribution >= 0.6 is 22.6 Å². The first-order chi connectivity index (χ1) is 5.80. The van der Waals surface area contributed by atoms with Gasteiger partial charge in [0.25, 0.3) is 0 Å². The van der Waals surface area contributed by atoms with Crippen LogP contribution < -0.4 is 5.32 Å². The van der Waals surface area contributed by atoms with Gasteiger partial charge < -0.3 is 5.32 Å². The summed E-state index contributed by atoms with van der Waals surface area (Å²) in [5.74, 6) is 0. The molecule has 3 rings (SSSR count). The Hall–Kier alpha value is 0.01000. The van der Waals surface area contributed by atoms with Gasteiger partial charge in [0.05, 0.1) is 0 Å². The van der Waals surface area contributed by atoms with Gasteiger partial charge in [0.2, 0.25) is 0 Å². The highest BCUT2D eigenvalue weighted by Gasteiger charge is 2.51. The Balaban J connectivity index is 2.01. The van der Waals surface area contributed by atoms with E-state index in [2.05, 4.69) is 40.1 Å². The lowest BCUT2D eigenvalue weighted by atomic mass is 9.93. The van der Waals surface area contributed by atoms with Crippen LogP contribution in [0.5, 0.6) is 0 Å². The number of hydrogen-bond acceptors (Lipinski definition) is 1. The van der Waals surface area contributed by atoms with Gasteiger partial charge in [-0.3, -0.25) is 0 Å². The van der Waals surface area contributed by atoms with Crippen molar-refractivity contribution in [3.63, 3.8) is 0 Å². The standard InChI is InChI=1S/C10H12IN/c11-7-1-2-8-9(5-7)12-6-10(8)3-4-10/h2,5,7,12H,1,3-4,6H2. The first-order valence-corrected chi connectivity index (χ1v) is 5.86. The smallest absolute Gasteiger partial charge is 0.0346 e. The molecule has 64 valence electrons. The summed E-state index contributed by atoms with van der Waals surface area (Å²) in [7, 11) is 0. The van der Waals surface area contributed by atoms with Gasteiger partial charge in [-0.1, -0.05) is 28.7 Å². The van der Waals surface area contributed by atoms with Crippen molar-refractivity contribution in [1.82, 2.24) is 5.32 Å². The second-order valence-corrected chi connectivity index (χ2v) is 5.68. The Morgan fingerprint density at radius 3 is 3.08 bits per heavy atom. The number of rotatable bonds is 0. The van der Waals surface area contributed by atoms with E-state index in [4.69, 9.17) is 0 Å². The molecule has 1 nitrogen and oxygen atoms in total. The van der Waals surface area contributed by atoms with E-state index in [1.807, 2.05) is 0 Å². The molecule has 0 radical (unpaired) electrons. The molecule has 1 unspecified atom stereocenters. The molecule has 0 bridgehead atoms. The molecule has 0 aromatic rings. The van der Waals surface area contributed by atoms with Crippen molar-refractivity contribution >= 4 is 22.6 Å². The maximum absolute atomic E-state index is 3.53. The number of alkyl halides is 1. The Morgan fingerprint density at radius 2 is 2.33 bits per heavy atom. The van der Waals surface area contributed by atoms with E-state index in [0.29, 0.717) is 9.34 Å². The van der Waals surface area contributed by atoms with E-state index in [1.165, 1.54) is 31.5 Å². The van der Waals surface area contributed by atoms with Crippen molar-refractivity contribution < 1.29 is 0 Å². The minimum Gasteiger partial charge on any atom is -0.384 e. The molecule has 1 saturated carbocycles. The summed E-state index contributed by atoms with van der Waals surface area (Å²) >= 11 is 2.50. The highest BCUT2D eigenvalue weighted by Crippen LogP contribution is 2.57. The van der Waals surface area contributed by atoms with E-state index >= 15 is 0 Å². The Labute approximate surface area is 86.4 Å². The summed E-state index contributed by atoms with van der Waals surface area (Å²) < 4.78 is 0.711. The van der Waals surface area contributed by atoms with Gasteiger partial charge in [-0.2, -0.15) is 0 Å². The fraction of sp³-hybridized carbons (Fsp3) is 0.600. The minimum atomic E-state index is 0.600. The van der Waals surface area contributed by atoms with E-state index in [1.54, 1.807) is 5.57 Å².